The number of benzene rings is 1. The molecule has 2 heteroatoms. The predicted molar refractivity (Wildman–Crippen MR) is 65.2 cm³/mol. The second-order valence-electron chi connectivity index (χ2n) is 4.24. The molecule has 15 heavy (non-hydrogen) atoms. The molecule has 1 heterocycles. The number of hydrogen-bond acceptors (Lipinski definition) is 2. The van der Waals surface area contributed by atoms with Crippen LogP contribution in [0.4, 0.5) is 5.69 Å². The first-order valence-electron chi connectivity index (χ1n) is 5.97. The van der Waals surface area contributed by atoms with Crippen LogP contribution in [-0.2, 0) is 0 Å². The SMILES string of the molecule is c1ccc(NC2CCCCNCC2)cc1. The van der Waals surface area contributed by atoms with Crippen molar-refractivity contribution in [2.24, 2.45) is 0 Å². The van der Waals surface area contributed by atoms with Crippen LogP contribution in [0.5, 0.6) is 0 Å². The fourth-order valence-electron chi connectivity index (χ4n) is 2.10. The number of anilines is 1. The van der Waals surface area contributed by atoms with Crippen molar-refractivity contribution >= 4 is 5.69 Å². The molecule has 0 aliphatic carbocycles. The second-order valence-corrected chi connectivity index (χ2v) is 4.24. The van der Waals surface area contributed by atoms with Gasteiger partial charge in [-0.05, 0) is 44.5 Å². The summed E-state index contributed by atoms with van der Waals surface area (Å²) in [5, 5.41) is 7.07. The highest BCUT2D eigenvalue weighted by molar-refractivity contribution is 5.43. The highest BCUT2D eigenvalue weighted by Gasteiger charge is 2.09. The molecular weight excluding hydrogens is 184 g/mol. The molecule has 0 saturated carbocycles. The molecule has 2 nitrogen and oxygen atoms in total. The van der Waals surface area contributed by atoms with Gasteiger partial charge in [0.2, 0.25) is 0 Å². The van der Waals surface area contributed by atoms with Gasteiger partial charge in [0.05, 0.1) is 0 Å². The van der Waals surface area contributed by atoms with E-state index in [0.29, 0.717) is 6.04 Å². The van der Waals surface area contributed by atoms with Gasteiger partial charge in [-0.1, -0.05) is 24.6 Å². The van der Waals surface area contributed by atoms with Crippen LogP contribution in [0.15, 0.2) is 30.3 Å². The van der Waals surface area contributed by atoms with Gasteiger partial charge in [-0.3, -0.25) is 0 Å². The number of nitrogens with one attached hydrogen (secondary N) is 2. The normalized spacial score (nSPS) is 22.8. The van der Waals surface area contributed by atoms with Crippen LogP contribution in [0, 0.1) is 0 Å². The third-order valence-electron chi connectivity index (χ3n) is 2.97. The van der Waals surface area contributed by atoms with E-state index < -0.39 is 0 Å². The van der Waals surface area contributed by atoms with Crippen molar-refractivity contribution in [2.45, 2.75) is 31.7 Å². The van der Waals surface area contributed by atoms with E-state index in [1.807, 2.05) is 0 Å². The van der Waals surface area contributed by atoms with E-state index in [1.165, 1.54) is 37.9 Å². The molecule has 1 unspecified atom stereocenters. The summed E-state index contributed by atoms with van der Waals surface area (Å²) in [7, 11) is 0. The van der Waals surface area contributed by atoms with Gasteiger partial charge in [-0.25, -0.2) is 0 Å². The Morgan fingerprint density at radius 2 is 1.87 bits per heavy atom. The Morgan fingerprint density at radius 1 is 1.00 bits per heavy atom. The molecule has 0 amide bonds. The molecule has 1 aliphatic heterocycles. The molecule has 82 valence electrons. The van der Waals surface area contributed by atoms with Crippen LogP contribution in [0.3, 0.4) is 0 Å². The Balaban J connectivity index is 1.86. The topological polar surface area (TPSA) is 24.1 Å². The molecule has 1 aromatic rings. The summed E-state index contributed by atoms with van der Waals surface area (Å²) in [4.78, 5) is 0. The van der Waals surface area contributed by atoms with E-state index in [0.717, 1.165) is 6.54 Å². The van der Waals surface area contributed by atoms with Crippen LogP contribution in [0.1, 0.15) is 25.7 Å². The van der Waals surface area contributed by atoms with Gasteiger partial charge >= 0.3 is 0 Å². The van der Waals surface area contributed by atoms with Gasteiger partial charge in [0.1, 0.15) is 0 Å². The number of rotatable bonds is 2. The first-order valence-corrected chi connectivity index (χ1v) is 5.97. The minimum absolute atomic E-state index is 0.639. The number of para-hydroxylation sites is 1. The van der Waals surface area contributed by atoms with Crippen molar-refractivity contribution in [3.63, 3.8) is 0 Å². The fraction of sp³-hybridized carbons (Fsp3) is 0.538. The van der Waals surface area contributed by atoms with Gasteiger partial charge in [-0.15, -0.1) is 0 Å². The van der Waals surface area contributed by atoms with Gasteiger partial charge < -0.3 is 10.6 Å². The Hall–Kier alpha value is -1.02. The lowest BCUT2D eigenvalue weighted by Crippen LogP contribution is -2.29. The molecule has 1 aromatic carbocycles. The molecule has 1 atom stereocenters. The third-order valence-corrected chi connectivity index (χ3v) is 2.97. The highest BCUT2D eigenvalue weighted by Crippen LogP contribution is 2.14. The Kier molecular flexibility index (Phi) is 4.03. The molecule has 0 spiro atoms. The van der Waals surface area contributed by atoms with Crippen molar-refractivity contribution in [1.82, 2.24) is 5.32 Å². The van der Waals surface area contributed by atoms with Crippen LogP contribution in [-0.4, -0.2) is 19.1 Å². The van der Waals surface area contributed by atoms with Crippen molar-refractivity contribution in [3.05, 3.63) is 30.3 Å². The molecule has 1 aliphatic rings. The smallest absolute Gasteiger partial charge is 0.0342 e. The van der Waals surface area contributed by atoms with E-state index >= 15 is 0 Å². The zero-order chi connectivity index (χ0) is 10.3. The van der Waals surface area contributed by atoms with E-state index in [1.54, 1.807) is 0 Å². The van der Waals surface area contributed by atoms with Crippen LogP contribution in [0.2, 0.25) is 0 Å². The van der Waals surface area contributed by atoms with E-state index in [4.69, 9.17) is 0 Å². The Labute approximate surface area is 92.1 Å². The van der Waals surface area contributed by atoms with Crippen LogP contribution < -0.4 is 10.6 Å². The molecular formula is C13H20N2. The lowest BCUT2D eigenvalue weighted by atomic mass is 10.0. The lowest BCUT2D eigenvalue weighted by molar-refractivity contribution is 0.483. The van der Waals surface area contributed by atoms with E-state index in [9.17, 15) is 0 Å². The highest BCUT2D eigenvalue weighted by atomic mass is 14.9. The first kappa shape index (κ1) is 10.5. The standard InChI is InChI=1S/C13H20N2/c1-2-6-12(7-3-1)15-13-8-4-5-10-14-11-9-13/h1-3,6-7,13-15H,4-5,8-11H2. The largest absolute Gasteiger partial charge is 0.382 e. The molecule has 1 fully saturated rings. The Bertz CT molecular complexity index is 263. The van der Waals surface area contributed by atoms with Gasteiger partial charge in [0.15, 0.2) is 0 Å². The summed E-state index contributed by atoms with van der Waals surface area (Å²) in [6, 6.07) is 11.2. The van der Waals surface area contributed by atoms with Crippen molar-refractivity contribution in [2.75, 3.05) is 18.4 Å². The summed E-state index contributed by atoms with van der Waals surface area (Å²) in [5.74, 6) is 0. The molecule has 1 saturated heterocycles. The van der Waals surface area contributed by atoms with E-state index in [-0.39, 0.29) is 0 Å². The predicted octanol–water partition coefficient (Wildman–Crippen LogP) is 2.63. The molecule has 2 rings (SSSR count). The molecule has 0 bridgehead atoms. The summed E-state index contributed by atoms with van der Waals surface area (Å²) >= 11 is 0. The molecule has 0 radical (unpaired) electrons. The number of hydrogen-bond donors (Lipinski definition) is 2. The maximum Gasteiger partial charge on any atom is 0.0342 e. The second kappa shape index (κ2) is 5.76. The maximum atomic E-state index is 3.61. The summed E-state index contributed by atoms with van der Waals surface area (Å²) < 4.78 is 0. The van der Waals surface area contributed by atoms with Crippen LogP contribution >= 0.6 is 0 Å². The van der Waals surface area contributed by atoms with E-state index in [2.05, 4.69) is 41.0 Å². The summed E-state index contributed by atoms with van der Waals surface area (Å²) in [5.41, 5.74) is 1.25. The van der Waals surface area contributed by atoms with Gasteiger partial charge in [-0.2, -0.15) is 0 Å². The van der Waals surface area contributed by atoms with Crippen LogP contribution in [0.25, 0.3) is 0 Å². The average Bonchev–Trinajstić information content (AvgIpc) is 2.23. The first-order chi connectivity index (χ1) is 7.45. The zero-order valence-electron chi connectivity index (χ0n) is 9.21. The molecule has 0 aromatic heterocycles. The van der Waals surface area contributed by atoms with Crippen molar-refractivity contribution in [3.8, 4) is 0 Å². The minimum atomic E-state index is 0.639. The lowest BCUT2D eigenvalue weighted by Gasteiger charge is -2.22. The minimum Gasteiger partial charge on any atom is -0.382 e. The van der Waals surface area contributed by atoms with Gasteiger partial charge in [0, 0.05) is 11.7 Å². The summed E-state index contributed by atoms with van der Waals surface area (Å²) in [6.07, 6.45) is 5.18. The maximum absolute atomic E-state index is 3.61. The monoisotopic (exact) mass is 204 g/mol. The van der Waals surface area contributed by atoms with Gasteiger partial charge in [0.25, 0.3) is 0 Å². The quantitative estimate of drug-likeness (QED) is 0.774. The zero-order valence-corrected chi connectivity index (χ0v) is 9.21. The average molecular weight is 204 g/mol. The van der Waals surface area contributed by atoms with Crippen molar-refractivity contribution < 1.29 is 0 Å². The fourth-order valence-corrected chi connectivity index (χ4v) is 2.10. The summed E-state index contributed by atoms with van der Waals surface area (Å²) in [6.45, 7) is 2.34. The van der Waals surface area contributed by atoms with Crippen molar-refractivity contribution in [1.29, 1.82) is 0 Å². The molecule has 2 N–H and O–H groups in total. The Morgan fingerprint density at radius 3 is 2.73 bits per heavy atom. The third kappa shape index (κ3) is 3.56.